The minimum Gasteiger partial charge on any atom is -0.322 e. The Hall–Kier alpha value is -2.90. The topological polar surface area (TPSA) is 72.2 Å². The Bertz CT molecular complexity index is 712. The predicted molar refractivity (Wildman–Crippen MR) is 72.5 cm³/mol. The molecule has 2 aromatic rings. The molecule has 0 aromatic heterocycles. The number of hydrogen-bond acceptors (Lipinski definition) is 3. The van der Waals surface area contributed by atoms with Gasteiger partial charge in [0.1, 0.15) is 0 Å². The zero-order valence-electron chi connectivity index (χ0n) is 10.9. The van der Waals surface area contributed by atoms with Crippen molar-refractivity contribution >= 4 is 17.3 Å². The lowest BCUT2D eigenvalue weighted by molar-refractivity contribution is -0.384. The molecule has 0 heterocycles. The summed E-state index contributed by atoms with van der Waals surface area (Å²) in [5.41, 5.74) is -0.998. The van der Waals surface area contributed by atoms with Gasteiger partial charge < -0.3 is 5.32 Å². The first-order chi connectivity index (χ1) is 10.3. The average Bonchev–Trinajstić information content (AvgIpc) is 2.47. The molecule has 1 N–H and O–H groups in total. The van der Waals surface area contributed by atoms with Crippen molar-refractivity contribution in [2.75, 3.05) is 5.32 Å². The Morgan fingerprint density at radius 1 is 1.09 bits per heavy atom. The number of carbonyl (C=O) groups is 1. The van der Waals surface area contributed by atoms with E-state index < -0.39 is 22.6 Å². The number of carbonyl (C=O) groups excluding carboxylic acids is 1. The minimum atomic E-state index is -4.54. The number of nitro benzene ring substituents is 1. The number of non-ortho nitro benzene ring substituents is 1. The molecule has 0 saturated heterocycles. The van der Waals surface area contributed by atoms with Crippen LogP contribution in [0.5, 0.6) is 0 Å². The van der Waals surface area contributed by atoms with Gasteiger partial charge in [0.05, 0.1) is 10.5 Å². The maximum absolute atomic E-state index is 12.6. The van der Waals surface area contributed by atoms with E-state index in [-0.39, 0.29) is 16.9 Å². The number of amides is 1. The van der Waals surface area contributed by atoms with Crippen LogP contribution in [0.4, 0.5) is 24.5 Å². The van der Waals surface area contributed by atoms with Gasteiger partial charge in [-0.05, 0) is 30.3 Å². The van der Waals surface area contributed by atoms with Crippen LogP contribution in [0.15, 0.2) is 48.5 Å². The molecule has 5 nitrogen and oxygen atoms in total. The summed E-state index contributed by atoms with van der Waals surface area (Å²) in [7, 11) is 0. The van der Waals surface area contributed by atoms with Crippen molar-refractivity contribution in [1.82, 2.24) is 0 Å². The molecule has 2 rings (SSSR count). The van der Waals surface area contributed by atoms with Gasteiger partial charge in [0.2, 0.25) is 0 Å². The van der Waals surface area contributed by atoms with Crippen molar-refractivity contribution in [1.29, 1.82) is 0 Å². The lowest BCUT2D eigenvalue weighted by Crippen LogP contribution is -2.13. The fraction of sp³-hybridized carbons (Fsp3) is 0.0714. The summed E-state index contributed by atoms with van der Waals surface area (Å²) < 4.78 is 37.7. The van der Waals surface area contributed by atoms with Crippen molar-refractivity contribution in [3.63, 3.8) is 0 Å². The number of nitrogens with one attached hydrogen (secondary N) is 1. The maximum Gasteiger partial charge on any atom is 0.416 e. The highest BCUT2D eigenvalue weighted by atomic mass is 19.4. The molecule has 0 aliphatic heterocycles. The third-order valence-corrected chi connectivity index (χ3v) is 2.79. The van der Waals surface area contributed by atoms with Crippen LogP contribution < -0.4 is 5.32 Å². The number of benzene rings is 2. The van der Waals surface area contributed by atoms with Gasteiger partial charge in [0.25, 0.3) is 11.6 Å². The van der Waals surface area contributed by atoms with Crippen LogP contribution in [0, 0.1) is 10.1 Å². The van der Waals surface area contributed by atoms with Crippen LogP contribution in [0.2, 0.25) is 0 Å². The Morgan fingerprint density at radius 3 is 2.27 bits per heavy atom. The number of hydrogen-bond donors (Lipinski definition) is 1. The van der Waals surface area contributed by atoms with Gasteiger partial charge in [-0.1, -0.05) is 6.07 Å². The highest BCUT2D eigenvalue weighted by Gasteiger charge is 2.30. The zero-order chi connectivity index (χ0) is 16.3. The fourth-order valence-corrected chi connectivity index (χ4v) is 1.71. The molecule has 0 fully saturated rings. The van der Waals surface area contributed by atoms with E-state index in [2.05, 4.69) is 5.32 Å². The van der Waals surface area contributed by atoms with Crippen LogP contribution in [-0.2, 0) is 6.18 Å². The molecule has 114 valence electrons. The third-order valence-electron chi connectivity index (χ3n) is 2.79. The second kappa shape index (κ2) is 5.84. The molecule has 0 spiro atoms. The SMILES string of the molecule is O=C(Nc1ccc([N+](=O)[O-])cc1)c1cccc(C(F)(F)F)c1. The summed E-state index contributed by atoms with van der Waals surface area (Å²) in [4.78, 5) is 21.8. The fourth-order valence-electron chi connectivity index (χ4n) is 1.71. The third kappa shape index (κ3) is 3.60. The van der Waals surface area contributed by atoms with Crippen molar-refractivity contribution in [3.05, 3.63) is 69.8 Å². The summed E-state index contributed by atoms with van der Waals surface area (Å²) in [5, 5.41) is 12.9. The number of nitrogens with zero attached hydrogens (tertiary/aromatic N) is 1. The highest BCUT2D eigenvalue weighted by molar-refractivity contribution is 6.04. The summed E-state index contributed by atoms with van der Waals surface area (Å²) >= 11 is 0. The van der Waals surface area contributed by atoms with Gasteiger partial charge in [0.15, 0.2) is 0 Å². The summed E-state index contributed by atoms with van der Waals surface area (Å²) in [6.45, 7) is 0. The molecular formula is C14H9F3N2O3. The van der Waals surface area contributed by atoms with E-state index in [1.807, 2.05) is 0 Å². The maximum atomic E-state index is 12.6. The van der Waals surface area contributed by atoms with Crippen LogP contribution in [0.3, 0.4) is 0 Å². The van der Waals surface area contributed by atoms with Crippen molar-refractivity contribution < 1.29 is 22.9 Å². The van der Waals surface area contributed by atoms with Crippen molar-refractivity contribution in [2.24, 2.45) is 0 Å². The van der Waals surface area contributed by atoms with E-state index in [1.165, 1.54) is 30.3 Å². The van der Waals surface area contributed by atoms with Gasteiger partial charge >= 0.3 is 6.18 Å². The van der Waals surface area contributed by atoms with E-state index in [0.717, 1.165) is 18.2 Å². The second-order valence-electron chi connectivity index (χ2n) is 4.34. The first kappa shape index (κ1) is 15.5. The minimum absolute atomic E-state index is 0.155. The largest absolute Gasteiger partial charge is 0.416 e. The lowest BCUT2D eigenvalue weighted by Gasteiger charge is -2.09. The number of alkyl halides is 3. The van der Waals surface area contributed by atoms with Crippen molar-refractivity contribution in [3.8, 4) is 0 Å². The first-order valence-corrected chi connectivity index (χ1v) is 6.00. The first-order valence-electron chi connectivity index (χ1n) is 6.00. The number of rotatable bonds is 3. The van der Waals surface area contributed by atoms with Crippen LogP contribution in [0.25, 0.3) is 0 Å². The normalized spacial score (nSPS) is 11.0. The summed E-state index contributed by atoms with van der Waals surface area (Å²) in [6, 6.07) is 8.93. The zero-order valence-corrected chi connectivity index (χ0v) is 10.9. The summed E-state index contributed by atoms with van der Waals surface area (Å²) in [6.07, 6.45) is -4.54. The number of halogens is 3. The second-order valence-corrected chi connectivity index (χ2v) is 4.34. The lowest BCUT2D eigenvalue weighted by atomic mass is 10.1. The predicted octanol–water partition coefficient (Wildman–Crippen LogP) is 3.87. The Labute approximate surface area is 122 Å². The smallest absolute Gasteiger partial charge is 0.322 e. The van der Waals surface area contributed by atoms with Gasteiger partial charge in [0, 0.05) is 23.4 Å². The van der Waals surface area contributed by atoms with Gasteiger partial charge in [-0.2, -0.15) is 13.2 Å². The van der Waals surface area contributed by atoms with Gasteiger partial charge in [-0.15, -0.1) is 0 Å². The molecule has 0 aliphatic rings. The van der Waals surface area contributed by atoms with Gasteiger partial charge in [-0.25, -0.2) is 0 Å². The number of nitro groups is 1. The van der Waals surface area contributed by atoms with E-state index in [1.54, 1.807) is 0 Å². The number of anilines is 1. The molecule has 0 atom stereocenters. The Balaban J connectivity index is 2.17. The summed E-state index contributed by atoms with van der Waals surface area (Å²) in [5.74, 6) is -0.736. The van der Waals surface area contributed by atoms with E-state index in [9.17, 15) is 28.1 Å². The molecule has 0 unspecified atom stereocenters. The molecule has 0 saturated carbocycles. The molecule has 0 radical (unpaired) electrons. The molecule has 1 amide bonds. The quantitative estimate of drug-likeness (QED) is 0.691. The molecule has 8 heteroatoms. The average molecular weight is 310 g/mol. The highest BCUT2D eigenvalue weighted by Crippen LogP contribution is 2.29. The standard InChI is InChI=1S/C14H9F3N2O3/c15-14(16,17)10-3-1-2-9(8-10)13(20)18-11-4-6-12(7-5-11)19(21)22/h1-8H,(H,18,20). The molecule has 0 aliphatic carbocycles. The van der Waals surface area contributed by atoms with Crippen LogP contribution >= 0.6 is 0 Å². The monoisotopic (exact) mass is 310 g/mol. The van der Waals surface area contributed by atoms with Crippen LogP contribution in [0.1, 0.15) is 15.9 Å². The molecule has 0 bridgehead atoms. The van der Waals surface area contributed by atoms with E-state index in [0.29, 0.717) is 0 Å². The van der Waals surface area contributed by atoms with Crippen molar-refractivity contribution in [2.45, 2.75) is 6.18 Å². The molecule has 2 aromatic carbocycles. The van der Waals surface area contributed by atoms with Gasteiger partial charge in [-0.3, -0.25) is 14.9 Å². The Kier molecular flexibility index (Phi) is 4.11. The van der Waals surface area contributed by atoms with E-state index in [4.69, 9.17) is 0 Å². The molecule has 22 heavy (non-hydrogen) atoms. The Morgan fingerprint density at radius 2 is 1.73 bits per heavy atom. The van der Waals surface area contributed by atoms with Crippen LogP contribution in [-0.4, -0.2) is 10.8 Å². The molecular weight excluding hydrogens is 301 g/mol. The van der Waals surface area contributed by atoms with E-state index >= 15 is 0 Å².